The summed E-state index contributed by atoms with van der Waals surface area (Å²) >= 11 is 5.46. The highest BCUT2D eigenvalue weighted by Crippen LogP contribution is 2.49. The van der Waals surface area contributed by atoms with Gasteiger partial charge < -0.3 is 0 Å². The van der Waals surface area contributed by atoms with Gasteiger partial charge in [0.05, 0.1) is 0 Å². The van der Waals surface area contributed by atoms with Gasteiger partial charge in [0.1, 0.15) is 10.7 Å². The molecule has 2 heterocycles. The molecule has 3 rings (SSSR count). The second-order valence-electron chi connectivity index (χ2n) is 3.69. The summed E-state index contributed by atoms with van der Waals surface area (Å²) in [5.74, 6) is 1.64. The van der Waals surface area contributed by atoms with Gasteiger partial charge in [0, 0.05) is 20.9 Å². The zero-order chi connectivity index (χ0) is 9.71. The van der Waals surface area contributed by atoms with Crippen LogP contribution in [0.3, 0.4) is 0 Å². The Morgan fingerprint density at radius 3 is 3.00 bits per heavy atom. The lowest BCUT2D eigenvalue weighted by Crippen LogP contribution is -1.83. The van der Waals surface area contributed by atoms with E-state index < -0.39 is 0 Å². The number of nitrogens with zero attached hydrogens (tertiary/aromatic N) is 2. The average molecular weight is 269 g/mol. The summed E-state index contributed by atoms with van der Waals surface area (Å²) in [5, 5.41) is 1.17. The van der Waals surface area contributed by atoms with Crippen molar-refractivity contribution in [3.05, 3.63) is 21.4 Å². The second kappa shape index (κ2) is 3.00. The van der Waals surface area contributed by atoms with E-state index in [1.807, 2.05) is 24.5 Å². The molecule has 0 amide bonds. The van der Waals surface area contributed by atoms with Crippen LogP contribution in [0.4, 0.5) is 0 Å². The van der Waals surface area contributed by atoms with Crippen molar-refractivity contribution >= 4 is 37.5 Å². The lowest BCUT2D eigenvalue weighted by molar-refractivity contribution is 1.10. The van der Waals surface area contributed by atoms with E-state index >= 15 is 0 Å². The molecule has 1 aliphatic rings. The Labute approximate surface area is 94.5 Å². The van der Waals surface area contributed by atoms with E-state index in [0.29, 0.717) is 0 Å². The zero-order valence-corrected chi connectivity index (χ0v) is 10.2. The van der Waals surface area contributed by atoms with Crippen molar-refractivity contribution in [2.24, 2.45) is 0 Å². The molecule has 0 unspecified atom stereocenters. The van der Waals surface area contributed by atoms with Crippen LogP contribution in [0.2, 0.25) is 0 Å². The number of rotatable bonds is 1. The Hall–Kier alpha value is -0.480. The van der Waals surface area contributed by atoms with Gasteiger partial charge in [0.15, 0.2) is 0 Å². The smallest absolute Gasteiger partial charge is 0.128 e. The number of hydrogen-bond donors (Lipinski definition) is 0. The Bertz CT molecular complexity index is 502. The van der Waals surface area contributed by atoms with E-state index in [-0.39, 0.29) is 0 Å². The molecular weight excluding hydrogens is 260 g/mol. The van der Waals surface area contributed by atoms with Gasteiger partial charge in [-0.2, -0.15) is 0 Å². The van der Waals surface area contributed by atoms with Crippen molar-refractivity contribution in [1.29, 1.82) is 0 Å². The van der Waals surface area contributed by atoms with Gasteiger partial charge in [-0.15, -0.1) is 11.3 Å². The third kappa shape index (κ3) is 1.28. The highest BCUT2D eigenvalue weighted by Gasteiger charge is 2.28. The minimum absolute atomic E-state index is 0.781. The highest BCUT2D eigenvalue weighted by atomic mass is 79.9. The van der Waals surface area contributed by atoms with Crippen LogP contribution in [0, 0.1) is 6.92 Å². The normalized spacial score (nSPS) is 16.4. The van der Waals surface area contributed by atoms with E-state index in [9.17, 15) is 0 Å². The fraction of sp³-hybridized carbons (Fsp3) is 0.400. The number of aromatic nitrogens is 2. The van der Waals surface area contributed by atoms with E-state index in [0.717, 1.165) is 16.6 Å². The lowest BCUT2D eigenvalue weighted by Gasteiger charge is -1.91. The number of aryl methyl sites for hydroxylation is 1. The molecule has 0 aromatic carbocycles. The molecule has 0 radical (unpaired) electrons. The molecule has 1 fully saturated rings. The predicted molar refractivity (Wildman–Crippen MR) is 61.8 cm³/mol. The minimum Gasteiger partial charge on any atom is -0.241 e. The molecule has 0 spiro atoms. The van der Waals surface area contributed by atoms with Crippen LogP contribution in [0.5, 0.6) is 0 Å². The number of fused-ring (bicyclic) bond motifs is 1. The average Bonchev–Trinajstić information content (AvgIpc) is 2.93. The first-order valence-electron chi connectivity index (χ1n) is 4.67. The minimum atomic E-state index is 0.781. The quantitative estimate of drug-likeness (QED) is 0.789. The van der Waals surface area contributed by atoms with Crippen molar-refractivity contribution < 1.29 is 0 Å². The van der Waals surface area contributed by atoms with Crippen LogP contribution in [0.25, 0.3) is 10.2 Å². The Morgan fingerprint density at radius 2 is 2.29 bits per heavy atom. The van der Waals surface area contributed by atoms with Gasteiger partial charge in [-0.3, -0.25) is 0 Å². The summed E-state index contributed by atoms with van der Waals surface area (Å²) in [4.78, 5) is 11.2. The van der Waals surface area contributed by atoms with Gasteiger partial charge in [-0.05, 0) is 41.6 Å². The Balaban J connectivity index is 2.28. The molecule has 0 bridgehead atoms. The maximum absolute atomic E-state index is 4.44. The van der Waals surface area contributed by atoms with Gasteiger partial charge in [0.25, 0.3) is 0 Å². The summed E-state index contributed by atoms with van der Waals surface area (Å²) in [6.07, 6.45) is 4.58. The molecule has 0 N–H and O–H groups in total. The van der Waals surface area contributed by atoms with E-state index in [1.165, 1.54) is 27.6 Å². The maximum Gasteiger partial charge on any atom is 0.128 e. The van der Waals surface area contributed by atoms with Crippen LogP contribution in [0.1, 0.15) is 29.5 Å². The molecule has 1 saturated carbocycles. The predicted octanol–water partition coefficient (Wildman–Crippen LogP) is 3.64. The molecule has 1 aliphatic carbocycles. The fourth-order valence-corrected chi connectivity index (χ4v) is 3.81. The lowest BCUT2D eigenvalue weighted by atomic mass is 10.3. The summed E-state index contributed by atoms with van der Waals surface area (Å²) in [6, 6.07) is 0. The summed E-state index contributed by atoms with van der Waals surface area (Å²) in [7, 11) is 0. The fourth-order valence-electron chi connectivity index (χ4n) is 1.57. The first-order chi connectivity index (χ1) is 6.75. The molecular formula is C10H9BrN2S. The highest BCUT2D eigenvalue weighted by molar-refractivity contribution is 9.10. The number of hydrogen-bond acceptors (Lipinski definition) is 3. The molecule has 4 heteroatoms. The van der Waals surface area contributed by atoms with Gasteiger partial charge in [0.2, 0.25) is 0 Å². The molecule has 14 heavy (non-hydrogen) atoms. The van der Waals surface area contributed by atoms with Crippen molar-refractivity contribution in [1.82, 2.24) is 9.97 Å². The van der Waals surface area contributed by atoms with Crippen molar-refractivity contribution in [2.45, 2.75) is 25.7 Å². The molecule has 2 aromatic heterocycles. The molecule has 0 saturated heterocycles. The van der Waals surface area contributed by atoms with Gasteiger partial charge in [-0.1, -0.05) is 0 Å². The van der Waals surface area contributed by atoms with Crippen LogP contribution in [-0.2, 0) is 0 Å². The Morgan fingerprint density at radius 1 is 1.50 bits per heavy atom. The standard InChI is InChI=1S/C10H9BrN2S/c1-5-12-4-7-8(11)9(6-2-3-6)14-10(7)13-5/h4,6H,2-3H2,1H3. The number of halogens is 1. The van der Waals surface area contributed by atoms with Crippen molar-refractivity contribution in [2.75, 3.05) is 0 Å². The first-order valence-corrected chi connectivity index (χ1v) is 6.28. The van der Waals surface area contributed by atoms with Crippen molar-refractivity contribution in [3.63, 3.8) is 0 Å². The van der Waals surface area contributed by atoms with Crippen LogP contribution in [0.15, 0.2) is 10.7 Å². The monoisotopic (exact) mass is 268 g/mol. The third-order valence-electron chi connectivity index (χ3n) is 2.48. The van der Waals surface area contributed by atoms with Crippen LogP contribution in [-0.4, -0.2) is 9.97 Å². The molecule has 72 valence electrons. The third-order valence-corrected chi connectivity index (χ3v) is 4.86. The van der Waals surface area contributed by atoms with E-state index in [1.54, 1.807) is 0 Å². The van der Waals surface area contributed by atoms with Crippen molar-refractivity contribution in [3.8, 4) is 0 Å². The van der Waals surface area contributed by atoms with Crippen LogP contribution < -0.4 is 0 Å². The van der Waals surface area contributed by atoms with Gasteiger partial charge in [-0.25, -0.2) is 9.97 Å². The molecule has 0 aliphatic heterocycles. The zero-order valence-electron chi connectivity index (χ0n) is 7.75. The van der Waals surface area contributed by atoms with E-state index in [4.69, 9.17) is 0 Å². The summed E-state index contributed by atoms with van der Waals surface area (Å²) in [5.41, 5.74) is 0. The van der Waals surface area contributed by atoms with E-state index in [2.05, 4.69) is 25.9 Å². The summed E-state index contributed by atoms with van der Waals surface area (Å²) in [6.45, 7) is 1.93. The number of thiophene rings is 1. The maximum atomic E-state index is 4.44. The van der Waals surface area contributed by atoms with Gasteiger partial charge >= 0.3 is 0 Å². The largest absolute Gasteiger partial charge is 0.241 e. The molecule has 2 aromatic rings. The second-order valence-corrected chi connectivity index (χ2v) is 5.51. The summed E-state index contributed by atoms with van der Waals surface area (Å²) < 4.78 is 1.22. The van der Waals surface area contributed by atoms with Crippen LogP contribution >= 0.6 is 27.3 Å². The SMILES string of the molecule is Cc1ncc2c(Br)c(C3CC3)sc2n1. The topological polar surface area (TPSA) is 25.8 Å². The Kier molecular flexibility index (Phi) is 1.89. The molecule has 2 nitrogen and oxygen atoms in total. The first kappa shape index (κ1) is 8.80. The molecule has 0 atom stereocenters.